The maximum Gasteiger partial charge on any atom is 0.226 e. The lowest BCUT2D eigenvalue weighted by molar-refractivity contribution is -0.140. The van der Waals surface area contributed by atoms with Gasteiger partial charge in [0.2, 0.25) is 5.91 Å². The van der Waals surface area contributed by atoms with Crippen molar-refractivity contribution in [3.05, 3.63) is 0 Å². The van der Waals surface area contributed by atoms with Gasteiger partial charge in [-0.25, -0.2) is 0 Å². The average molecular weight is 284 g/mol. The van der Waals surface area contributed by atoms with Crippen LogP contribution in [0.1, 0.15) is 47.0 Å². The van der Waals surface area contributed by atoms with Crippen molar-refractivity contribution in [2.45, 2.75) is 64.3 Å². The van der Waals surface area contributed by atoms with E-state index in [1.54, 1.807) is 0 Å². The first kappa shape index (κ1) is 15.2. The first-order valence-electron chi connectivity index (χ1n) is 7.59. The van der Waals surface area contributed by atoms with Crippen molar-refractivity contribution >= 4 is 18.5 Å². The normalized spacial score (nSPS) is 33.5. The number of thiol groups is 1. The van der Waals surface area contributed by atoms with Crippen molar-refractivity contribution in [3.8, 4) is 0 Å². The van der Waals surface area contributed by atoms with E-state index in [0.717, 1.165) is 32.4 Å². The fourth-order valence-electron chi connectivity index (χ4n) is 3.78. The van der Waals surface area contributed by atoms with Gasteiger partial charge in [0.15, 0.2) is 0 Å². The summed E-state index contributed by atoms with van der Waals surface area (Å²) < 4.78 is 0. The second kappa shape index (κ2) is 5.65. The van der Waals surface area contributed by atoms with Crippen LogP contribution in [-0.2, 0) is 4.79 Å². The van der Waals surface area contributed by atoms with Gasteiger partial charge < -0.3 is 10.2 Å². The molecule has 2 aliphatic rings. The van der Waals surface area contributed by atoms with Crippen molar-refractivity contribution in [1.82, 2.24) is 10.2 Å². The van der Waals surface area contributed by atoms with E-state index in [4.69, 9.17) is 0 Å². The van der Waals surface area contributed by atoms with Crippen LogP contribution in [0, 0.1) is 11.3 Å². The molecule has 0 radical (unpaired) electrons. The van der Waals surface area contributed by atoms with Gasteiger partial charge in [0.25, 0.3) is 0 Å². The number of piperidine rings is 2. The molecule has 0 aromatic rings. The molecule has 1 amide bonds. The number of rotatable bonds is 2. The van der Waals surface area contributed by atoms with Crippen LogP contribution >= 0.6 is 12.6 Å². The van der Waals surface area contributed by atoms with E-state index in [2.05, 4.69) is 50.5 Å². The van der Waals surface area contributed by atoms with Crippen molar-refractivity contribution in [2.75, 3.05) is 13.1 Å². The molecule has 3 nitrogen and oxygen atoms in total. The Morgan fingerprint density at radius 1 is 1.32 bits per heavy atom. The minimum absolute atomic E-state index is 0.107. The lowest BCUT2D eigenvalue weighted by Crippen LogP contribution is -2.60. The van der Waals surface area contributed by atoms with Gasteiger partial charge in [-0.05, 0) is 52.1 Å². The number of carbonyl (C=O) groups excluding carboxylic acids is 1. The van der Waals surface area contributed by atoms with Gasteiger partial charge in [-0.2, -0.15) is 12.6 Å². The lowest BCUT2D eigenvalue weighted by atomic mass is 9.67. The Labute approximate surface area is 122 Å². The van der Waals surface area contributed by atoms with Gasteiger partial charge in [-0.15, -0.1) is 0 Å². The van der Waals surface area contributed by atoms with Crippen molar-refractivity contribution < 1.29 is 4.79 Å². The molecule has 1 N–H and O–H groups in total. The van der Waals surface area contributed by atoms with E-state index in [1.165, 1.54) is 0 Å². The van der Waals surface area contributed by atoms with Crippen LogP contribution in [0.3, 0.4) is 0 Å². The van der Waals surface area contributed by atoms with E-state index in [1.807, 2.05) is 0 Å². The summed E-state index contributed by atoms with van der Waals surface area (Å²) in [5.41, 5.74) is -0.107. The molecule has 0 aromatic carbocycles. The molecule has 19 heavy (non-hydrogen) atoms. The van der Waals surface area contributed by atoms with Crippen LogP contribution in [0.4, 0.5) is 0 Å². The molecule has 0 bridgehead atoms. The summed E-state index contributed by atoms with van der Waals surface area (Å²) in [4.78, 5) is 15.0. The van der Waals surface area contributed by atoms with Crippen LogP contribution in [0.25, 0.3) is 0 Å². The van der Waals surface area contributed by atoms with Gasteiger partial charge in [0, 0.05) is 17.3 Å². The number of hydrogen-bond donors (Lipinski definition) is 2. The number of amides is 1. The lowest BCUT2D eigenvalue weighted by Gasteiger charge is -2.48. The molecule has 0 aromatic heterocycles. The molecule has 2 saturated heterocycles. The molecule has 2 heterocycles. The van der Waals surface area contributed by atoms with Gasteiger partial charge in [-0.1, -0.05) is 13.8 Å². The highest BCUT2D eigenvalue weighted by Crippen LogP contribution is 2.42. The monoisotopic (exact) mass is 284 g/mol. The summed E-state index contributed by atoms with van der Waals surface area (Å²) >= 11 is 4.51. The molecule has 3 atom stereocenters. The van der Waals surface area contributed by atoms with E-state index >= 15 is 0 Å². The average Bonchev–Trinajstić information content (AvgIpc) is 2.34. The zero-order valence-corrected chi connectivity index (χ0v) is 13.5. The standard InChI is InChI=1S/C15H28N2OS/c1-10(2)17-7-5-15(6-8-17)9-11(3)13(12(4)19)16-14(15)18/h10-13,19H,5-9H2,1-4H3,(H,16,18). The van der Waals surface area contributed by atoms with Crippen LogP contribution in [0.5, 0.6) is 0 Å². The first-order chi connectivity index (χ1) is 8.85. The number of likely N-dealkylation sites (tertiary alicyclic amines) is 1. The second-order valence-electron chi connectivity index (χ2n) is 6.83. The highest BCUT2D eigenvalue weighted by Gasteiger charge is 2.48. The number of hydrogen-bond acceptors (Lipinski definition) is 3. The molecular weight excluding hydrogens is 256 g/mol. The number of nitrogens with one attached hydrogen (secondary N) is 1. The Morgan fingerprint density at radius 2 is 1.89 bits per heavy atom. The topological polar surface area (TPSA) is 32.3 Å². The quantitative estimate of drug-likeness (QED) is 0.763. The largest absolute Gasteiger partial charge is 0.352 e. The van der Waals surface area contributed by atoms with Gasteiger partial charge in [0.05, 0.1) is 5.41 Å². The zero-order valence-electron chi connectivity index (χ0n) is 12.6. The Hall–Kier alpha value is -0.220. The molecule has 3 unspecified atom stereocenters. The molecule has 0 aliphatic carbocycles. The summed E-state index contributed by atoms with van der Waals surface area (Å²) in [6.07, 6.45) is 3.05. The van der Waals surface area contributed by atoms with Crippen LogP contribution in [0.15, 0.2) is 0 Å². The predicted octanol–water partition coefficient (Wildman–Crippen LogP) is 2.32. The minimum Gasteiger partial charge on any atom is -0.352 e. The molecule has 110 valence electrons. The fourth-order valence-corrected chi connectivity index (χ4v) is 4.15. The highest BCUT2D eigenvalue weighted by molar-refractivity contribution is 7.81. The first-order valence-corrected chi connectivity index (χ1v) is 8.10. The third-order valence-electron chi connectivity index (χ3n) is 5.11. The molecule has 1 spiro atoms. The van der Waals surface area contributed by atoms with E-state index in [0.29, 0.717) is 12.0 Å². The third kappa shape index (κ3) is 2.94. The smallest absolute Gasteiger partial charge is 0.226 e. The predicted molar refractivity (Wildman–Crippen MR) is 82.5 cm³/mol. The van der Waals surface area contributed by atoms with Crippen molar-refractivity contribution in [3.63, 3.8) is 0 Å². The Balaban J connectivity index is 2.04. The molecule has 0 saturated carbocycles. The zero-order chi connectivity index (χ0) is 14.2. The van der Waals surface area contributed by atoms with Crippen LogP contribution in [-0.4, -0.2) is 41.2 Å². The van der Waals surface area contributed by atoms with E-state index in [-0.39, 0.29) is 22.6 Å². The van der Waals surface area contributed by atoms with Gasteiger partial charge >= 0.3 is 0 Å². The summed E-state index contributed by atoms with van der Waals surface area (Å²) in [6, 6.07) is 0.816. The Kier molecular flexibility index (Phi) is 4.51. The molecular formula is C15H28N2OS. The minimum atomic E-state index is -0.107. The third-order valence-corrected chi connectivity index (χ3v) is 5.43. The number of nitrogens with zero attached hydrogens (tertiary/aromatic N) is 1. The SMILES string of the molecule is CC(S)C1NC(=O)C2(CCN(C(C)C)CC2)CC1C. The fraction of sp³-hybridized carbons (Fsp3) is 0.933. The van der Waals surface area contributed by atoms with Gasteiger partial charge in [0.1, 0.15) is 0 Å². The molecule has 4 heteroatoms. The highest BCUT2D eigenvalue weighted by atomic mass is 32.1. The Bertz CT molecular complexity index is 335. The van der Waals surface area contributed by atoms with Crippen LogP contribution < -0.4 is 5.32 Å². The summed E-state index contributed by atoms with van der Waals surface area (Å²) in [7, 11) is 0. The summed E-state index contributed by atoms with van der Waals surface area (Å²) in [5, 5.41) is 3.47. The maximum absolute atomic E-state index is 12.5. The Morgan fingerprint density at radius 3 is 2.37 bits per heavy atom. The van der Waals surface area contributed by atoms with E-state index in [9.17, 15) is 4.79 Å². The summed E-state index contributed by atoms with van der Waals surface area (Å²) in [5.74, 6) is 0.802. The maximum atomic E-state index is 12.5. The van der Waals surface area contributed by atoms with E-state index < -0.39 is 0 Å². The molecule has 2 fully saturated rings. The molecule has 2 rings (SSSR count). The number of carbonyl (C=O) groups is 1. The van der Waals surface area contributed by atoms with Crippen molar-refractivity contribution in [2.24, 2.45) is 11.3 Å². The molecule has 2 aliphatic heterocycles. The van der Waals surface area contributed by atoms with Crippen LogP contribution in [0.2, 0.25) is 0 Å². The van der Waals surface area contributed by atoms with Gasteiger partial charge in [-0.3, -0.25) is 4.79 Å². The van der Waals surface area contributed by atoms with Crippen molar-refractivity contribution in [1.29, 1.82) is 0 Å². The summed E-state index contributed by atoms with van der Waals surface area (Å²) in [6.45, 7) is 10.9. The second-order valence-corrected chi connectivity index (χ2v) is 7.65.